The summed E-state index contributed by atoms with van der Waals surface area (Å²) in [4.78, 5) is 12.0. The number of aromatic nitrogens is 4. The molecule has 128 valence electrons. The highest BCUT2D eigenvalue weighted by Crippen LogP contribution is 2.32. The van der Waals surface area contributed by atoms with E-state index in [0.29, 0.717) is 22.7 Å². The van der Waals surface area contributed by atoms with Crippen molar-refractivity contribution >= 4 is 17.7 Å². The third-order valence-electron chi connectivity index (χ3n) is 4.30. The average Bonchev–Trinajstić information content (AvgIpc) is 3.32. The Hall–Kier alpha value is -1.89. The maximum Gasteiger partial charge on any atom is 0.230 e. The van der Waals surface area contributed by atoms with Crippen LogP contribution in [-0.4, -0.2) is 37.9 Å². The van der Waals surface area contributed by atoms with Crippen LogP contribution >= 0.6 is 11.8 Å². The van der Waals surface area contributed by atoms with E-state index in [0.717, 1.165) is 5.69 Å². The minimum atomic E-state index is 0.0316. The number of thioether (sulfide) groups is 1. The fourth-order valence-electron chi connectivity index (χ4n) is 2.57. The molecule has 1 heterocycles. The summed E-state index contributed by atoms with van der Waals surface area (Å²) in [5, 5.41) is 15.5. The van der Waals surface area contributed by atoms with Crippen molar-refractivity contribution in [3.8, 4) is 5.69 Å². The van der Waals surface area contributed by atoms with Gasteiger partial charge in [0, 0.05) is 6.04 Å². The SMILES string of the molecule is CC(C)c1ccc(-n2nnnc2SCC(=O)N[C@@H](C)C2CC2)cc1. The number of carbonyl (C=O) groups excluding carboxylic acids is 1. The Bertz CT molecular complexity index is 693. The lowest BCUT2D eigenvalue weighted by atomic mass is 10.0. The highest BCUT2D eigenvalue weighted by Gasteiger charge is 2.28. The van der Waals surface area contributed by atoms with E-state index < -0.39 is 0 Å². The van der Waals surface area contributed by atoms with E-state index >= 15 is 0 Å². The topological polar surface area (TPSA) is 72.7 Å². The summed E-state index contributed by atoms with van der Waals surface area (Å²) in [6, 6.07) is 8.44. The molecule has 1 fully saturated rings. The molecule has 1 saturated carbocycles. The molecule has 1 aromatic carbocycles. The first-order valence-corrected chi connectivity index (χ1v) is 9.34. The number of carbonyl (C=O) groups is 1. The molecule has 1 atom stereocenters. The Morgan fingerprint density at radius 2 is 2.00 bits per heavy atom. The molecule has 1 aliphatic carbocycles. The zero-order valence-corrected chi connectivity index (χ0v) is 15.1. The summed E-state index contributed by atoms with van der Waals surface area (Å²) < 4.78 is 1.67. The molecule has 24 heavy (non-hydrogen) atoms. The number of tetrazole rings is 1. The molecule has 3 rings (SSSR count). The second-order valence-corrected chi connectivity index (χ2v) is 7.54. The summed E-state index contributed by atoms with van der Waals surface area (Å²) in [7, 11) is 0. The third kappa shape index (κ3) is 4.14. The number of hydrogen-bond acceptors (Lipinski definition) is 5. The molecular formula is C17H23N5OS. The zero-order valence-electron chi connectivity index (χ0n) is 14.3. The maximum atomic E-state index is 12.0. The van der Waals surface area contributed by atoms with E-state index in [1.54, 1.807) is 4.68 Å². The van der Waals surface area contributed by atoms with Crippen LogP contribution < -0.4 is 5.32 Å². The predicted molar refractivity (Wildman–Crippen MR) is 94.3 cm³/mol. The second-order valence-electron chi connectivity index (χ2n) is 6.60. The molecule has 1 amide bonds. The Labute approximate surface area is 146 Å². The van der Waals surface area contributed by atoms with E-state index in [1.807, 2.05) is 12.1 Å². The molecule has 7 heteroatoms. The lowest BCUT2D eigenvalue weighted by Gasteiger charge is -2.12. The first-order chi connectivity index (χ1) is 11.5. The van der Waals surface area contributed by atoms with Crippen LogP contribution in [0.25, 0.3) is 5.69 Å². The van der Waals surface area contributed by atoms with E-state index in [1.165, 1.54) is 30.2 Å². The first kappa shape index (κ1) is 17.0. The van der Waals surface area contributed by atoms with Gasteiger partial charge in [0.25, 0.3) is 0 Å². The Balaban J connectivity index is 1.61. The standard InChI is InChI=1S/C17H23N5OS/c1-11(2)13-6-8-15(9-7-13)22-17(19-20-21-22)24-10-16(23)18-12(3)14-4-5-14/h6-9,11-12,14H,4-5,10H2,1-3H3,(H,18,23)/t12-/m0/s1. The van der Waals surface area contributed by atoms with Crippen molar-refractivity contribution in [2.24, 2.45) is 5.92 Å². The van der Waals surface area contributed by atoms with Gasteiger partial charge in [0.2, 0.25) is 11.1 Å². The number of rotatable bonds is 7. The lowest BCUT2D eigenvalue weighted by molar-refractivity contribution is -0.119. The van der Waals surface area contributed by atoms with Gasteiger partial charge in [-0.25, -0.2) is 0 Å². The number of amides is 1. The number of nitrogens with one attached hydrogen (secondary N) is 1. The van der Waals surface area contributed by atoms with Gasteiger partial charge in [-0.3, -0.25) is 4.79 Å². The number of nitrogens with zero attached hydrogens (tertiary/aromatic N) is 4. The molecule has 6 nitrogen and oxygen atoms in total. The van der Waals surface area contributed by atoms with Crippen molar-refractivity contribution in [3.63, 3.8) is 0 Å². The quantitative estimate of drug-likeness (QED) is 0.781. The first-order valence-electron chi connectivity index (χ1n) is 8.35. The highest BCUT2D eigenvalue weighted by atomic mass is 32.2. The van der Waals surface area contributed by atoms with Gasteiger partial charge in [-0.1, -0.05) is 37.7 Å². The molecule has 0 radical (unpaired) electrons. The fourth-order valence-corrected chi connectivity index (χ4v) is 3.27. The molecule has 0 bridgehead atoms. The van der Waals surface area contributed by atoms with E-state index in [4.69, 9.17) is 0 Å². The molecule has 1 aliphatic rings. The smallest absolute Gasteiger partial charge is 0.230 e. The van der Waals surface area contributed by atoms with Gasteiger partial charge < -0.3 is 5.32 Å². The van der Waals surface area contributed by atoms with Crippen LogP contribution in [0.3, 0.4) is 0 Å². The normalized spacial score (nSPS) is 15.5. The summed E-state index contributed by atoms with van der Waals surface area (Å²) >= 11 is 1.36. The summed E-state index contributed by atoms with van der Waals surface area (Å²) in [6.45, 7) is 6.39. The molecule has 0 saturated heterocycles. The maximum absolute atomic E-state index is 12.0. The zero-order chi connectivity index (χ0) is 17.1. The molecule has 0 spiro atoms. The van der Waals surface area contributed by atoms with Gasteiger partial charge in [0.05, 0.1) is 11.4 Å². The van der Waals surface area contributed by atoms with Gasteiger partial charge in [-0.05, 0) is 59.7 Å². The van der Waals surface area contributed by atoms with Crippen LogP contribution in [0, 0.1) is 5.92 Å². The highest BCUT2D eigenvalue weighted by molar-refractivity contribution is 7.99. The minimum absolute atomic E-state index is 0.0316. The lowest BCUT2D eigenvalue weighted by Crippen LogP contribution is -2.35. The van der Waals surface area contributed by atoms with Gasteiger partial charge in [-0.15, -0.1) is 5.10 Å². The number of hydrogen-bond donors (Lipinski definition) is 1. The summed E-state index contributed by atoms with van der Waals surface area (Å²) in [5.41, 5.74) is 2.17. The van der Waals surface area contributed by atoms with E-state index in [9.17, 15) is 4.79 Å². The molecule has 1 aromatic heterocycles. The molecule has 2 aromatic rings. The molecule has 1 N–H and O–H groups in total. The van der Waals surface area contributed by atoms with E-state index in [2.05, 4.69) is 53.7 Å². The summed E-state index contributed by atoms with van der Waals surface area (Å²) in [6.07, 6.45) is 2.44. The minimum Gasteiger partial charge on any atom is -0.353 e. The molecular weight excluding hydrogens is 322 g/mol. The second kappa shape index (κ2) is 7.34. The molecule has 0 aliphatic heterocycles. The fraction of sp³-hybridized carbons (Fsp3) is 0.529. The van der Waals surface area contributed by atoms with E-state index in [-0.39, 0.29) is 11.9 Å². The van der Waals surface area contributed by atoms with Crippen molar-refractivity contribution in [2.45, 2.75) is 50.7 Å². The average molecular weight is 345 g/mol. The van der Waals surface area contributed by atoms with Gasteiger partial charge >= 0.3 is 0 Å². The third-order valence-corrected chi connectivity index (χ3v) is 5.21. The van der Waals surface area contributed by atoms with Crippen molar-refractivity contribution in [2.75, 3.05) is 5.75 Å². The Morgan fingerprint density at radius 1 is 1.29 bits per heavy atom. The molecule has 0 unspecified atom stereocenters. The monoisotopic (exact) mass is 345 g/mol. The van der Waals surface area contributed by atoms with Crippen molar-refractivity contribution in [1.29, 1.82) is 0 Å². The largest absolute Gasteiger partial charge is 0.353 e. The van der Waals surface area contributed by atoms with Crippen molar-refractivity contribution in [1.82, 2.24) is 25.5 Å². The van der Waals surface area contributed by atoms with Gasteiger partial charge in [0.15, 0.2) is 0 Å². The van der Waals surface area contributed by atoms with Crippen molar-refractivity contribution in [3.05, 3.63) is 29.8 Å². The Kier molecular flexibility index (Phi) is 5.18. The van der Waals surface area contributed by atoms with Gasteiger partial charge in [0.1, 0.15) is 0 Å². The van der Waals surface area contributed by atoms with Crippen LogP contribution in [0.15, 0.2) is 29.4 Å². The van der Waals surface area contributed by atoms with Crippen LogP contribution in [0.2, 0.25) is 0 Å². The Morgan fingerprint density at radius 3 is 2.62 bits per heavy atom. The van der Waals surface area contributed by atoms with Crippen LogP contribution in [0.1, 0.15) is 45.1 Å². The summed E-state index contributed by atoms with van der Waals surface area (Å²) in [5.74, 6) is 1.49. The van der Waals surface area contributed by atoms with Gasteiger partial charge in [-0.2, -0.15) is 4.68 Å². The predicted octanol–water partition coefficient (Wildman–Crippen LogP) is 2.79. The van der Waals surface area contributed by atoms with Crippen LogP contribution in [-0.2, 0) is 4.79 Å². The number of benzene rings is 1. The van der Waals surface area contributed by atoms with Crippen molar-refractivity contribution < 1.29 is 4.79 Å². The van der Waals surface area contributed by atoms with Crippen LogP contribution in [0.4, 0.5) is 0 Å². The van der Waals surface area contributed by atoms with Crippen LogP contribution in [0.5, 0.6) is 0 Å².